The van der Waals surface area contributed by atoms with Crippen LogP contribution in [0.15, 0.2) is 30.3 Å². The van der Waals surface area contributed by atoms with Gasteiger partial charge in [0.2, 0.25) is 23.7 Å². The number of hydrogen-bond donors (Lipinski definition) is 9. The molecule has 3 aliphatic rings. The third-order valence-corrected chi connectivity index (χ3v) is 7.83. The van der Waals surface area contributed by atoms with Crippen LogP contribution in [0.1, 0.15) is 33.8 Å². The van der Waals surface area contributed by atoms with E-state index < -0.39 is 126 Å². The Morgan fingerprint density at radius 2 is 1.62 bits per heavy atom. The van der Waals surface area contributed by atoms with E-state index in [1.807, 2.05) is 0 Å². The number of aliphatic hydroxyl groups is 3. The Kier molecular flexibility index (Phi) is 8.80. The molecule has 8 atom stereocenters. The highest BCUT2D eigenvalue weighted by Crippen LogP contribution is 2.58. The number of fused-ring (bicyclic) bond motifs is 3. The van der Waals surface area contributed by atoms with Gasteiger partial charge in [-0.05, 0) is 29.8 Å². The van der Waals surface area contributed by atoms with Gasteiger partial charge in [0.25, 0.3) is 0 Å². The van der Waals surface area contributed by atoms with E-state index in [4.69, 9.17) is 23.7 Å². The van der Waals surface area contributed by atoms with E-state index in [0.29, 0.717) is 0 Å². The van der Waals surface area contributed by atoms with Crippen LogP contribution in [0.25, 0.3) is 6.08 Å². The monoisotopic (exact) mass is 678 g/mol. The number of cyclic esters (lactones) is 1. The Morgan fingerprint density at radius 3 is 2.27 bits per heavy atom. The summed E-state index contributed by atoms with van der Waals surface area (Å²) in [5, 5.41) is 90.1. The lowest BCUT2D eigenvalue weighted by Gasteiger charge is -2.39. The molecule has 0 saturated carbocycles. The van der Waals surface area contributed by atoms with E-state index in [9.17, 15) is 69.9 Å². The smallest absolute Gasteiger partial charge is 0.352 e. The van der Waals surface area contributed by atoms with Crippen molar-refractivity contribution < 1.29 is 93.6 Å². The van der Waals surface area contributed by atoms with Crippen molar-refractivity contribution in [1.29, 1.82) is 0 Å². The van der Waals surface area contributed by atoms with Crippen LogP contribution in [-0.2, 0) is 38.1 Å². The van der Waals surface area contributed by atoms with Crippen LogP contribution in [0.3, 0.4) is 0 Å². The fraction of sp³-hybridized carbons (Fsp3) is 0.345. The molecule has 2 saturated heterocycles. The van der Waals surface area contributed by atoms with Gasteiger partial charge in [-0.25, -0.2) is 19.2 Å². The average molecular weight is 679 g/mol. The average Bonchev–Trinajstić information content (AvgIpc) is 3.49. The number of carboxylic acids is 2. The topological polar surface area (TPSA) is 314 Å². The molecule has 256 valence electrons. The van der Waals surface area contributed by atoms with Crippen molar-refractivity contribution in [2.45, 2.75) is 54.7 Å². The van der Waals surface area contributed by atoms with Gasteiger partial charge in [0.15, 0.2) is 23.0 Å². The summed E-state index contributed by atoms with van der Waals surface area (Å²) >= 11 is 0. The largest absolute Gasteiger partial charge is 0.504 e. The molecule has 0 unspecified atom stereocenters. The van der Waals surface area contributed by atoms with E-state index in [-0.39, 0.29) is 11.1 Å². The number of ether oxygens (including phenoxy) is 5. The quantitative estimate of drug-likeness (QED) is 0.0626. The Morgan fingerprint density at radius 1 is 0.917 bits per heavy atom. The van der Waals surface area contributed by atoms with Gasteiger partial charge in [-0.2, -0.15) is 0 Å². The molecule has 19 nitrogen and oxygen atoms in total. The number of phenolic OH excluding ortho intramolecular Hbond substituents is 4. The summed E-state index contributed by atoms with van der Waals surface area (Å²) in [4.78, 5) is 61.5. The molecule has 48 heavy (non-hydrogen) atoms. The number of esters is 3. The molecule has 0 amide bonds. The van der Waals surface area contributed by atoms with Crippen molar-refractivity contribution in [2.24, 2.45) is 0 Å². The highest BCUT2D eigenvalue weighted by Gasteiger charge is 2.68. The second-order valence-electron chi connectivity index (χ2n) is 10.9. The molecule has 0 aromatic heterocycles. The van der Waals surface area contributed by atoms with Gasteiger partial charge in [0.1, 0.15) is 36.6 Å². The molecule has 2 aromatic rings. The molecule has 0 spiro atoms. The minimum atomic E-state index is -2.46. The summed E-state index contributed by atoms with van der Waals surface area (Å²) in [5.74, 6) is -12.8. The van der Waals surface area contributed by atoms with Gasteiger partial charge < -0.3 is 69.6 Å². The first-order valence-electron chi connectivity index (χ1n) is 13.8. The number of benzene rings is 2. The number of aromatic hydroxyl groups is 4. The molecule has 0 aliphatic carbocycles. The maximum atomic E-state index is 13.0. The van der Waals surface area contributed by atoms with E-state index in [1.54, 1.807) is 0 Å². The Hall–Kier alpha value is -5.63. The van der Waals surface area contributed by atoms with Gasteiger partial charge in [0, 0.05) is 11.6 Å². The van der Waals surface area contributed by atoms with Crippen LogP contribution in [0.2, 0.25) is 0 Å². The second-order valence-corrected chi connectivity index (χ2v) is 10.9. The molecule has 3 aliphatic heterocycles. The van der Waals surface area contributed by atoms with Gasteiger partial charge in [-0.1, -0.05) is 6.07 Å². The summed E-state index contributed by atoms with van der Waals surface area (Å²) in [5.41, 5.74) is -3.41. The third kappa shape index (κ3) is 5.86. The minimum Gasteiger partial charge on any atom is -0.504 e. The Balaban J connectivity index is 1.32. The number of carbonyl (C=O) groups is 5. The maximum Gasteiger partial charge on any atom is 0.352 e. The lowest BCUT2D eigenvalue weighted by atomic mass is 9.80. The normalized spacial score (nSPS) is 29.0. The summed E-state index contributed by atoms with van der Waals surface area (Å²) < 4.78 is 25.6. The van der Waals surface area contributed by atoms with Crippen LogP contribution in [-0.4, -0.2) is 125 Å². The number of phenols is 4. The lowest BCUT2D eigenvalue weighted by Crippen LogP contribution is -2.59. The first-order valence-corrected chi connectivity index (χ1v) is 13.8. The molecule has 3 heterocycles. The van der Waals surface area contributed by atoms with Crippen molar-refractivity contribution in [2.75, 3.05) is 6.61 Å². The SMILES string of the molecule is O=C(O)C[C@@]12Oc3c(cc(C(=O)OC[C@H]4O[C@@H](OC(=O)C=Cc5ccc(O)c(O)c5)[C@H](O)[C@@H](O)[C@@H]4O)c(O)c3O)[C@@H]1[C@H](C(=O)O)OC2=O. The zero-order valence-electron chi connectivity index (χ0n) is 24.0. The zero-order chi connectivity index (χ0) is 35.2. The van der Waals surface area contributed by atoms with Gasteiger partial charge in [-0.15, -0.1) is 0 Å². The van der Waals surface area contributed by atoms with E-state index in [1.165, 1.54) is 12.1 Å². The van der Waals surface area contributed by atoms with Crippen molar-refractivity contribution in [3.05, 3.63) is 47.0 Å². The van der Waals surface area contributed by atoms with E-state index in [0.717, 1.165) is 24.3 Å². The zero-order valence-corrected chi connectivity index (χ0v) is 24.0. The summed E-state index contributed by atoms with van der Waals surface area (Å²) in [7, 11) is 0. The fourth-order valence-corrected chi connectivity index (χ4v) is 5.50. The van der Waals surface area contributed by atoms with Gasteiger partial charge in [-0.3, -0.25) is 4.79 Å². The highest BCUT2D eigenvalue weighted by molar-refractivity contribution is 5.98. The molecule has 2 fully saturated rings. The van der Waals surface area contributed by atoms with Crippen molar-refractivity contribution >= 4 is 35.9 Å². The van der Waals surface area contributed by atoms with Crippen LogP contribution < -0.4 is 4.74 Å². The molecule has 2 aromatic carbocycles. The van der Waals surface area contributed by atoms with E-state index >= 15 is 0 Å². The molecule has 19 heteroatoms. The lowest BCUT2D eigenvalue weighted by molar-refractivity contribution is -0.290. The summed E-state index contributed by atoms with van der Waals surface area (Å²) in [6.07, 6.45) is -10.6. The molecular weight excluding hydrogens is 652 g/mol. The van der Waals surface area contributed by atoms with Gasteiger partial charge >= 0.3 is 29.8 Å². The molecule has 9 N–H and O–H groups in total. The highest BCUT2D eigenvalue weighted by atomic mass is 16.7. The molecule has 5 rings (SSSR count). The molecule has 0 radical (unpaired) electrons. The number of aliphatic carboxylic acids is 2. The molecular formula is C29H26O19. The fourth-order valence-electron chi connectivity index (χ4n) is 5.50. The predicted octanol–water partition coefficient (Wildman–Crippen LogP) is -1.57. The second kappa shape index (κ2) is 12.5. The maximum absolute atomic E-state index is 13.0. The van der Waals surface area contributed by atoms with Crippen molar-refractivity contribution in [3.8, 4) is 28.7 Å². The third-order valence-electron chi connectivity index (χ3n) is 7.83. The first kappa shape index (κ1) is 33.7. The Labute approximate surface area is 267 Å². The molecule has 0 bridgehead atoms. The number of rotatable bonds is 9. The van der Waals surface area contributed by atoms with Crippen LogP contribution in [0.5, 0.6) is 28.7 Å². The number of hydrogen-bond acceptors (Lipinski definition) is 17. The first-order chi connectivity index (χ1) is 22.5. The standard InChI is InChI=1S/C29H26O19/c30-12-3-1-9(5-13(12)31)2-4-16(34)46-27-22(39)20(37)19(36)14(45-27)8-44-26(42)11-6-10-17-24(25(40)41)47-28(43)29(17,7-15(32)33)48-23(10)21(38)18(11)35/h1-6,14,17,19-20,22,24,27,30-31,35-39H,7-8H2,(H,32,33)(H,40,41)/t14-,17-,19-,20+,22-,24-,27+,29-/m1/s1. The van der Waals surface area contributed by atoms with Crippen LogP contribution in [0, 0.1) is 0 Å². The van der Waals surface area contributed by atoms with Crippen LogP contribution in [0.4, 0.5) is 0 Å². The number of carbonyl (C=O) groups excluding carboxylic acids is 3. The minimum absolute atomic E-state index is 0.262. The van der Waals surface area contributed by atoms with Crippen molar-refractivity contribution in [3.63, 3.8) is 0 Å². The van der Waals surface area contributed by atoms with E-state index in [2.05, 4.69) is 0 Å². The predicted molar refractivity (Wildman–Crippen MR) is 148 cm³/mol. The van der Waals surface area contributed by atoms with Gasteiger partial charge in [0.05, 0.1) is 12.3 Å². The Bertz CT molecular complexity index is 1720. The van der Waals surface area contributed by atoms with Crippen LogP contribution >= 0.6 is 0 Å². The van der Waals surface area contributed by atoms with Crippen molar-refractivity contribution in [1.82, 2.24) is 0 Å². The summed E-state index contributed by atoms with van der Waals surface area (Å²) in [6.45, 7) is -0.931. The summed E-state index contributed by atoms with van der Waals surface area (Å²) in [6, 6.07) is 4.41. The number of carboxylic acid groups (broad SMARTS) is 2. The number of aliphatic hydroxyl groups excluding tert-OH is 3.